The zero-order valence-corrected chi connectivity index (χ0v) is 20.6. The fourth-order valence-electron chi connectivity index (χ4n) is 4.74. The second-order valence-electron chi connectivity index (χ2n) is 9.19. The van der Waals surface area contributed by atoms with Crippen LogP contribution in [0.25, 0.3) is 0 Å². The van der Waals surface area contributed by atoms with Gasteiger partial charge in [0, 0.05) is 38.0 Å². The lowest BCUT2D eigenvalue weighted by Crippen LogP contribution is -2.42. The highest BCUT2D eigenvalue weighted by Gasteiger charge is 2.35. The normalized spacial score (nSPS) is 16.7. The zero-order chi connectivity index (χ0) is 25.9. The minimum Gasteiger partial charge on any atom is -0.334 e. The maximum absolute atomic E-state index is 13.5. The summed E-state index contributed by atoms with van der Waals surface area (Å²) in [6.45, 7) is 9.35. The van der Waals surface area contributed by atoms with Gasteiger partial charge in [-0.25, -0.2) is 0 Å². The predicted molar refractivity (Wildman–Crippen MR) is 139 cm³/mol. The van der Waals surface area contributed by atoms with Crippen molar-refractivity contribution in [2.45, 2.75) is 38.8 Å². The lowest BCUT2D eigenvalue weighted by atomic mass is 9.79. The number of carbonyl (C=O) groups excluding carboxylic acids is 2. The van der Waals surface area contributed by atoms with Gasteiger partial charge in [-0.2, -0.15) is 10.5 Å². The second-order valence-corrected chi connectivity index (χ2v) is 9.19. The lowest BCUT2D eigenvalue weighted by Gasteiger charge is -2.34. The van der Waals surface area contributed by atoms with Crippen molar-refractivity contribution in [1.29, 1.82) is 10.5 Å². The molecule has 1 aliphatic carbocycles. The van der Waals surface area contributed by atoms with Crippen LogP contribution in [0.4, 0.5) is 0 Å². The van der Waals surface area contributed by atoms with Crippen LogP contribution >= 0.6 is 0 Å². The van der Waals surface area contributed by atoms with Crippen LogP contribution in [0.3, 0.4) is 0 Å². The summed E-state index contributed by atoms with van der Waals surface area (Å²) in [4.78, 5) is 30.5. The number of carbonyl (C=O) groups is 2. The van der Waals surface area contributed by atoms with Crippen molar-refractivity contribution >= 4 is 11.8 Å². The Morgan fingerprint density at radius 2 is 1.17 bits per heavy atom. The van der Waals surface area contributed by atoms with E-state index in [9.17, 15) is 9.59 Å². The number of benzene rings is 2. The molecular weight excluding hydrogens is 448 g/mol. The average Bonchev–Trinajstić information content (AvgIpc) is 2.92. The third-order valence-corrected chi connectivity index (χ3v) is 6.61. The van der Waals surface area contributed by atoms with Crippen molar-refractivity contribution in [2.24, 2.45) is 11.8 Å². The van der Waals surface area contributed by atoms with Gasteiger partial charge in [0.1, 0.15) is 0 Å². The van der Waals surface area contributed by atoms with E-state index in [0.29, 0.717) is 43.7 Å². The van der Waals surface area contributed by atoms with Crippen LogP contribution in [0.5, 0.6) is 0 Å². The summed E-state index contributed by atoms with van der Waals surface area (Å²) < 4.78 is 0. The number of hydrogen-bond acceptors (Lipinski definition) is 4. The van der Waals surface area contributed by atoms with Crippen LogP contribution in [-0.2, 0) is 22.7 Å². The summed E-state index contributed by atoms with van der Waals surface area (Å²) in [5, 5.41) is 18.0. The molecule has 2 aromatic carbocycles. The lowest BCUT2D eigenvalue weighted by molar-refractivity contribution is -0.141. The van der Waals surface area contributed by atoms with Gasteiger partial charge < -0.3 is 9.80 Å². The van der Waals surface area contributed by atoms with E-state index >= 15 is 0 Å². The van der Waals surface area contributed by atoms with Gasteiger partial charge in [0.25, 0.3) is 0 Å². The molecule has 6 heteroatoms. The van der Waals surface area contributed by atoms with E-state index in [1.807, 2.05) is 24.3 Å². The molecule has 0 saturated heterocycles. The minimum atomic E-state index is -0.216. The van der Waals surface area contributed by atoms with Gasteiger partial charge in [0.15, 0.2) is 0 Å². The first-order chi connectivity index (χ1) is 17.5. The topological polar surface area (TPSA) is 88.2 Å². The third kappa shape index (κ3) is 6.93. The highest BCUT2D eigenvalue weighted by molar-refractivity contribution is 5.83. The van der Waals surface area contributed by atoms with Gasteiger partial charge in [-0.1, -0.05) is 42.8 Å². The number of nitriles is 2. The predicted octanol–water partition coefficient (Wildman–Crippen LogP) is 4.97. The summed E-state index contributed by atoms with van der Waals surface area (Å²) in [6.07, 6.45) is 6.32. The molecule has 0 bridgehead atoms. The van der Waals surface area contributed by atoms with Crippen molar-refractivity contribution in [3.8, 4) is 12.1 Å². The van der Waals surface area contributed by atoms with Crippen molar-refractivity contribution in [1.82, 2.24) is 9.80 Å². The number of hydrogen-bond donors (Lipinski definition) is 0. The fraction of sp³-hybridized carbons (Fsp3) is 0.333. The van der Waals surface area contributed by atoms with E-state index in [1.165, 1.54) is 0 Å². The molecule has 0 radical (unpaired) electrons. The van der Waals surface area contributed by atoms with Gasteiger partial charge in [0.05, 0.1) is 23.3 Å². The van der Waals surface area contributed by atoms with Crippen molar-refractivity contribution < 1.29 is 9.59 Å². The quantitative estimate of drug-likeness (QED) is 0.449. The van der Waals surface area contributed by atoms with E-state index in [4.69, 9.17) is 10.5 Å². The van der Waals surface area contributed by atoms with Gasteiger partial charge in [-0.3, -0.25) is 9.59 Å². The molecule has 2 unspecified atom stereocenters. The smallest absolute Gasteiger partial charge is 0.226 e. The van der Waals surface area contributed by atoms with Gasteiger partial charge >= 0.3 is 0 Å². The summed E-state index contributed by atoms with van der Waals surface area (Å²) in [6, 6.07) is 18.7. The minimum absolute atomic E-state index is 0.0409. The summed E-state index contributed by atoms with van der Waals surface area (Å²) in [5.41, 5.74) is 3.07. The average molecular weight is 481 g/mol. The van der Waals surface area contributed by atoms with Gasteiger partial charge in [0.2, 0.25) is 11.8 Å². The number of amides is 2. The molecule has 0 aliphatic heterocycles. The number of nitrogens with zero attached hydrogens (tertiary/aromatic N) is 4. The second kappa shape index (κ2) is 13.1. The Kier molecular flexibility index (Phi) is 9.60. The molecule has 0 spiro atoms. The summed E-state index contributed by atoms with van der Waals surface area (Å²) in [7, 11) is 0. The molecule has 0 heterocycles. The van der Waals surface area contributed by atoms with Crippen molar-refractivity contribution in [3.63, 3.8) is 0 Å². The van der Waals surface area contributed by atoms with Crippen LogP contribution in [0, 0.1) is 34.5 Å². The zero-order valence-electron chi connectivity index (χ0n) is 20.6. The maximum Gasteiger partial charge on any atom is 0.226 e. The van der Waals surface area contributed by atoms with Crippen molar-refractivity contribution in [3.05, 3.63) is 96.1 Å². The number of rotatable bonds is 10. The first kappa shape index (κ1) is 26.4. The molecule has 0 N–H and O–H groups in total. The van der Waals surface area contributed by atoms with E-state index in [2.05, 4.69) is 25.3 Å². The molecule has 1 aliphatic rings. The van der Waals surface area contributed by atoms with Crippen LogP contribution in [-0.4, -0.2) is 34.7 Å². The van der Waals surface area contributed by atoms with Gasteiger partial charge in [-0.15, -0.1) is 13.2 Å². The summed E-state index contributed by atoms with van der Waals surface area (Å²) in [5.74, 6) is -0.351. The molecule has 0 aromatic heterocycles. The molecule has 1 saturated carbocycles. The molecule has 184 valence electrons. The first-order valence-corrected chi connectivity index (χ1v) is 12.3. The van der Waals surface area contributed by atoms with E-state index in [-0.39, 0.29) is 23.7 Å². The fourth-order valence-corrected chi connectivity index (χ4v) is 4.74. The highest BCUT2D eigenvalue weighted by atomic mass is 16.2. The van der Waals surface area contributed by atoms with E-state index in [1.54, 1.807) is 46.2 Å². The summed E-state index contributed by atoms with van der Waals surface area (Å²) >= 11 is 0. The maximum atomic E-state index is 13.5. The Morgan fingerprint density at radius 1 is 0.778 bits per heavy atom. The third-order valence-electron chi connectivity index (χ3n) is 6.61. The van der Waals surface area contributed by atoms with Crippen LogP contribution < -0.4 is 0 Å². The largest absolute Gasteiger partial charge is 0.334 e. The SMILES string of the molecule is C=CCN(Cc1ccc(C#N)cc1)C(=O)C1CCCC(C(=O)N(CC=C)Cc2ccc(C#N)cc2)C1. The standard InChI is InChI=1S/C30H32N4O2/c1-3-16-33(21-25-12-8-23(19-31)9-13-25)29(35)27-6-5-7-28(18-27)30(36)34(17-4-2)22-26-14-10-24(20-32)11-15-26/h3-4,8-15,27-28H,1-2,5-7,16-18,21-22H2. The Bertz CT molecular complexity index is 1060. The molecule has 2 amide bonds. The van der Waals surface area contributed by atoms with Gasteiger partial charge in [-0.05, 0) is 54.7 Å². The Balaban J connectivity index is 1.68. The van der Waals surface area contributed by atoms with Crippen LogP contribution in [0.15, 0.2) is 73.8 Å². The Morgan fingerprint density at radius 3 is 1.50 bits per heavy atom. The van der Waals surface area contributed by atoms with Crippen LogP contribution in [0.1, 0.15) is 47.9 Å². The molecule has 1 fully saturated rings. The molecular formula is C30H32N4O2. The van der Waals surface area contributed by atoms with Crippen LogP contribution in [0.2, 0.25) is 0 Å². The van der Waals surface area contributed by atoms with Crippen molar-refractivity contribution in [2.75, 3.05) is 13.1 Å². The Labute approximate surface area is 213 Å². The Hall–Kier alpha value is -4.16. The molecule has 3 rings (SSSR count). The first-order valence-electron chi connectivity index (χ1n) is 12.3. The van der Waals surface area contributed by atoms with E-state index in [0.717, 1.165) is 30.4 Å². The molecule has 36 heavy (non-hydrogen) atoms. The monoisotopic (exact) mass is 480 g/mol. The molecule has 2 atom stereocenters. The highest BCUT2D eigenvalue weighted by Crippen LogP contribution is 2.32. The molecule has 6 nitrogen and oxygen atoms in total. The molecule has 2 aromatic rings. The van der Waals surface area contributed by atoms with E-state index < -0.39 is 0 Å².